The molecule has 0 spiro atoms. The summed E-state index contributed by atoms with van der Waals surface area (Å²) in [7, 11) is 0. The standard InChI is InChI=1S/C13H13NOS.ClH/c14-10-7-9(10)13-6-5-12(16-13)8-3-1-2-4-11(8)15;/h1-6,9-10,15H,7,14H2;1H/t9-,10-;/m1./s1. The highest BCUT2D eigenvalue weighted by Gasteiger charge is 2.35. The molecule has 1 fully saturated rings. The van der Waals surface area contributed by atoms with Crippen molar-refractivity contribution in [2.45, 2.75) is 18.4 Å². The number of phenolic OH excluding ortho intramolecular Hbond substituents is 1. The normalized spacial score (nSPS) is 21.9. The van der Waals surface area contributed by atoms with Crippen LogP contribution in [0.5, 0.6) is 5.75 Å². The Kier molecular flexibility index (Phi) is 3.43. The highest BCUT2D eigenvalue weighted by atomic mass is 35.5. The number of rotatable bonds is 2. The van der Waals surface area contributed by atoms with Gasteiger partial charge < -0.3 is 10.8 Å². The Labute approximate surface area is 111 Å². The molecule has 0 aliphatic heterocycles. The van der Waals surface area contributed by atoms with Gasteiger partial charge in [-0.05, 0) is 30.7 Å². The molecule has 0 bridgehead atoms. The molecular formula is C13H14ClNOS. The van der Waals surface area contributed by atoms with Gasteiger partial charge in [0, 0.05) is 27.3 Å². The van der Waals surface area contributed by atoms with Gasteiger partial charge in [0.05, 0.1) is 0 Å². The fourth-order valence-electron chi connectivity index (χ4n) is 1.92. The summed E-state index contributed by atoms with van der Waals surface area (Å²) in [5.41, 5.74) is 6.74. The van der Waals surface area contributed by atoms with E-state index in [0.717, 1.165) is 16.9 Å². The molecule has 0 saturated heterocycles. The van der Waals surface area contributed by atoms with Crippen LogP contribution in [0.4, 0.5) is 0 Å². The van der Waals surface area contributed by atoms with E-state index < -0.39 is 0 Å². The van der Waals surface area contributed by atoms with Crippen molar-refractivity contribution in [3.8, 4) is 16.2 Å². The Balaban J connectivity index is 0.00000108. The molecule has 1 aromatic heterocycles. The van der Waals surface area contributed by atoms with Crippen LogP contribution in [0.25, 0.3) is 10.4 Å². The van der Waals surface area contributed by atoms with Gasteiger partial charge in [0.15, 0.2) is 0 Å². The number of hydrogen-bond donors (Lipinski definition) is 2. The highest BCUT2D eigenvalue weighted by molar-refractivity contribution is 7.15. The van der Waals surface area contributed by atoms with Crippen LogP contribution in [0.1, 0.15) is 17.2 Å². The molecule has 1 aliphatic carbocycles. The van der Waals surface area contributed by atoms with Crippen molar-refractivity contribution in [3.05, 3.63) is 41.3 Å². The lowest BCUT2D eigenvalue weighted by Gasteiger charge is -2.00. The van der Waals surface area contributed by atoms with Crippen LogP contribution in [0.15, 0.2) is 36.4 Å². The summed E-state index contributed by atoms with van der Waals surface area (Å²) >= 11 is 1.73. The van der Waals surface area contributed by atoms with Crippen LogP contribution in [0, 0.1) is 0 Å². The molecule has 17 heavy (non-hydrogen) atoms. The van der Waals surface area contributed by atoms with Crippen molar-refractivity contribution < 1.29 is 5.11 Å². The fourth-order valence-corrected chi connectivity index (χ4v) is 3.15. The summed E-state index contributed by atoms with van der Waals surface area (Å²) in [6, 6.07) is 12.0. The molecule has 90 valence electrons. The Morgan fingerprint density at radius 1 is 1.18 bits per heavy atom. The minimum atomic E-state index is 0. The average molecular weight is 268 g/mol. The van der Waals surface area contributed by atoms with Crippen molar-refractivity contribution in [2.24, 2.45) is 5.73 Å². The lowest BCUT2D eigenvalue weighted by Crippen LogP contribution is -1.99. The first-order chi connectivity index (χ1) is 7.75. The summed E-state index contributed by atoms with van der Waals surface area (Å²) in [4.78, 5) is 2.46. The van der Waals surface area contributed by atoms with E-state index >= 15 is 0 Å². The summed E-state index contributed by atoms with van der Waals surface area (Å²) < 4.78 is 0. The van der Waals surface area contributed by atoms with E-state index in [-0.39, 0.29) is 12.4 Å². The third-order valence-corrected chi connectivity index (χ3v) is 4.25. The van der Waals surface area contributed by atoms with Gasteiger partial charge >= 0.3 is 0 Å². The van der Waals surface area contributed by atoms with Gasteiger partial charge in [0.2, 0.25) is 0 Å². The topological polar surface area (TPSA) is 46.2 Å². The van der Waals surface area contributed by atoms with E-state index in [2.05, 4.69) is 12.1 Å². The molecule has 0 radical (unpaired) electrons. The largest absolute Gasteiger partial charge is 0.507 e. The molecule has 1 aliphatic rings. The zero-order valence-corrected chi connectivity index (χ0v) is 10.8. The molecule has 2 atom stereocenters. The molecule has 1 aromatic carbocycles. The molecule has 0 unspecified atom stereocenters. The van der Waals surface area contributed by atoms with Gasteiger partial charge in [0.1, 0.15) is 5.75 Å². The summed E-state index contributed by atoms with van der Waals surface area (Å²) in [5.74, 6) is 0.889. The van der Waals surface area contributed by atoms with E-state index in [0.29, 0.717) is 17.7 Å². The fraction of sp³-hybridized carbons (Fsp3) is 0.231. The van der Waals surface area contributed by atoms with Crippen LogP contribution in [-0.2, 0) is 0 Å². The number of aromatic hydroxyl groups is 1. The van der Waals surface area contributed by atoms with Crippen molar-refractivity contribution in [1.82, 2.24) is 0 Å². The predicted octanol–water partition coefficient (Wildman–Crippen LogP) is 3.36. The average Bonchev–Trinajstić information content (AvgIpc) is 2.82. The molecule has 2 nitrogen and oxygen atoms in total. The molecule has 1 heterocycles. The van der Waals surface area contributed by atoms with E-state index in [1.54, 1.807) is 17.4 Å². The maximum atomic E-state index is 9.76. The van der Waals surface area contributed by atoms with Crippen molar-refractivity contribution >= 4 is 23.7 Å². The number of halogens is 1. The molecule has 3 N–H and O–H groups in total. The SMILES string of the molecule is Cl.N[C@@H]1C[C@H]1c1ccc(-c2ccccc2O)s1. The monoisotopic (exact) mass is 267 g/mol. The second kappa shape index (κ2) is 4.69. The van der Waals surface area contributed by atoms with Crippen LogP contribution in [-0.4, -0.2) is 11.1 Å². The Hall–Kier alpha value is -1.03. The minimum absolute atomic E-state index is 0. The minimum Gasteiger partial charge on any atom is -0.507 e. The number of para-hydroxylation sites is 1. The van der Waals surface area contributed by atoms with Gasteiger partial charge in [-0.15, -0.1) is 23.7 Å². The molecule has 1 saturated carbocycles. The molecular weight excluding hydrogens is 254 g/mol. The number of thiophene rings is 1. The van der Waals surface area contributed by atoms with Gasteiger partial charge in [0.25, 0.3) is 0 Å². The zero-order chi connectivity index (χ0) is 11.1. The lowest BCUT2D eigenvalue weighted by atomic mass is 10.1. The first-order valence-corrected chi connectivity index (χ1v) is 6.21. The van der Waals surface area contributed by atoms with Crippen LogP contribution >= 0.6 is 23.7 Å². The zero-order valence-electron chi connectivity index (χ0n) is 9.17. The van der Waals surface area contributed by atoms with Gasteiger partial charge in [-0.1, -0.05) is 12.1 Å². The van der Waals surface area contributed by atoms with Crippen LogP contribution in [0.2, 0.25) is 0 Å². The van der Waals surface area contributed by atoms with Crippen molar-refractivity contribution in [1.29, 1.82) is 0 Å². The highest BCUT2D eigenvalue weighted by Crippen LogP contribution is 2.45. The summed E-state index contributed by atoms with van der Waals surface area (Å²) in [6.07, 6.45) is 1.10. The summed E-state index contributed by atoms with van der Waals surface area (Å²) in [6.45, 7) is 0. The van der Waals surface area contributed by atoms with E-state index in [9.17, 15) is 5.11 Å². The van der Waals surface area contributed by atoms with E-state index in [1.807, 2.05) is 18.2 Å². The number of phenols is 1. The molecule has 4 heteroatoms. The summed E-state index contributed by atoms with van der Waals surface area (Å²) in [5, 5.41) is 9.76. The van der Waals surface area contributed by atoms with E-state index in [1.165, 1.54) is 4.88 Å². The van der Waals surface area contributed by atoms with Gasteiger partial charge in [-0.25, -0.2) is 0 Å². The second-order valence-corrected chi connectivity index (χ2v) is 5.34. The van der Waals surface area contributed by atoms with Crippen LogP contribution < -0.4 is 5.73 Å². The second-order valence-electron chi connectivity index (χ2n) is 4.23. The van der Waals surface area contributed by atoms with Crippen molar-refractivity contribution in [2.75, 3.05) is 0 Å². The Morgan fingerprint density at radius 2 is 1.88 bits per heavy atom. The van der Waals surface area contributed by atoms with E-state index in [4.69, 9.17) is 5.73 Å². The van der Waals surface area contributed by atoms with Gasteiger partial charge in [-0.2, -0.15) is 0 Å². The third kappa shape index (κ3) is 2.32. The first kappa shape index (κ1) is 12.4. The van der Waals surface area contributed by atoms with Crippen LogP contribution in [0.3, 0.4) is 0 Å². The maximum Gasteiger partial charge on any atom is 0.124 e. The number of nitrogens with two attached hydrogens (primary N) is 1. The lowest BCUT2D eigenvalue weighted by molar-refractivity contribution is 0.477. The van der Waals surface area contributed by atoms with Crippen molar-refractivity contribution in [3.63, 3.8) is 0 Å². The number of benzene rings is 1. The smallest absolute Gasteiger partial charge is 0.124 e. The maximum absolute atomic E-state index is 9.76. The molecule has 2 aromatic rings. The Bertz CT molecular complexity index is 526. The number of hydrogen-bond acceptors (Lipinski definition) is 3. The predicted molar refractivity (Wildman–Crippen MR) is 74.0 cm³/mol. The van der Waals surface area contributed by atoms with Gasteiger partial charge in [-0.3, -0.25) is 0 Å². The molecule has 3 rings (SSSR count). The first-order valence-electron chi connectivity index (χ1n) is 5.39. The molecule has 0 amide bonds. The quantitative estimate of drug-likeness (QED) is 0.876. The Morgan fingerprint density at radius 3 is 2.53 bits per heavy atom. The third-order valence-electron chi connectivity index (χ3n) is 3.00.